The summed E-state index contributed by atoms with van der Waals surface area (Å²) in [6.07, 6.45) is 0. The summed E-state index contributed by atoms with van der Waals surface area (Å²) in [6, 6.07) is 14.7. The second-order valence-electron chi connectivity index (χ2n) is 4.34. The number of hydrogen-bond donors (Lipinski definition) is 2. The number of hydrogen-bond acceptors (Lipinski definition) is 4. The van der Waals surface area contributed by atoms with Gasteiger partial charge in [-0.25, -0.2) is 0 Å². The maximum absolute atomic E-state index is 10.8. The summed E-state index contributed by atoms with van der Waals surface area (Å²) in [4.78, 5) is 20.9. The van der Waals surface area contributed by atoms with Gasteiger partial charge in [0.05, 0.1) is 11.9 Å². The minimum Gasteiger partial charge on any atom is -0.545 e. The molecule has 5 nitrogen and oxygen atoms in total. The van der Waals surface area contributed by atoms with Gasteiger partial charge in [-0.15, -0.1) is 0 Å². The predicted molar refractivity (Wildman–Crippen MR) is 76.5 cm³/mol. The molecule has 6 heteroatoms. The first-order valence-electron chi connectivity index (χ1n) is 6.27. The van der Waals surface area contributed by atoms with Crippen LogP contribution >= 0.6 is 0 Å². The zero-order valence-electron chi connectivity index (χ0n) is 12.5. The van der Waals surface area contributed by atoms with Gasteiger partial charge < -0.3 is 20.7 Å². The Morgan fingerprint density at radius 3 is 1.95 bits per heavy atom. The van der Waals surface area contributed by atoms with Crippen molar-refractivity contribution >= 4 is 11.9 Å². The van der Waals surface area contributed by atoms with E-state index in [1.807, 2.05) is 0 Å². The number of aromatic hydroxyl groups is 1. The molecule has 1 amide bonds. The van der Waals surface area contributed by atoms with Crippen LogP contribution in [0.25, 0.3) is 0 Å². The maximum atomic E-state index is 10.8. The Morgan fingerprint density at radius 2 is 1.55 bits per heavy atom. The number of phenols is 1. The number of phenolic OH excluding ortho intramolecular Hbond substituents is 1. The van der Waals surface area contributed by atoms with E-state index < -0.39 is 17.8 Å². The molecular formula is C16H16KNO4. The zero-order valence-corrected chi connectivity index (χ0v) is 15.6. The molecule has 3 N–H and O–H groups in total. The second kappa shape index (κ2) is 10.5. The molecule has 0 bridgehead atoms. The number of amides is 1. The largest absolute Gasteiger partial charge is 1.00 e. The molecule has 2 aromatic rings. The molecule has 2 rings (SSSR count). The van der Waals surface area contributed by atoms with Gasteiger partial charge in [-0.1, -0.05) is 48.5 Å². The van der Waals surface area contributed by atoms with E-state index in [1.54, 1.807) is 43.3 Å². The normalized spacial score (nSPS) is 10.4. The van der Waals surface area contributed by atoms with Crippen molar-refractivity contribution in [1.29, 1.82) is 0 Å². The predicted octanol–water partition coefficient (Wildman–Crippen LogP) is -1.96. The fraction of sp³-hybridized carbons (Fsp3) is 0.125. The van der Waals surface area contributed by atoms with Crippen molar-refractivity contribution in [3.63, 3.8) is 0 Å². The first-order valence-corrected chi connectivity index (χ1v) is 6.27. The summed E-state index contributed by atoms with van der Waals surface area (Å²) in [5.74, 6) is -1.89. The first kappa shape index (κ1) is 20.8. The van der Waals surface area contributed by atoms with Gasteiger partial charge in [-0.3, -0.25) is 4.79 Å². The van der Waals surface area contributed by atoms with Crippen LogP contribution in [0.5, 0.6) is 5.75 Å². The Balaban J connectivity index is 0.000000397. The molecule has 0 radical (unpaired) electrons. The van der Waals surface area contributed by atoms with Gasteiger partial charge in [0.2, 0.25) is 5.91 Å². The van der Waals surface area contributed by atoms with Gasteiger partial charge in [-0.2, -0.15) is 0 Å². The average molecular weight is 325 g/mol. The quantitative estimate of drug-likeness (QED) is 0.639. The second-order valence-corrected chi connectivity index (χ2v) is 4.34. The van der Waals surface area contributed by atoms with Gasteiger partial charge >= 0.3 is 51.4 Å². The third-order valence-corrected chi connectivity index (χ3v) is 2.84. The number of carboxylic acids is 1. The van der Waals surface area contributed by atoms with E-state index in [0.29, 0.717) is 5.56 Å². The van der Waals surface area contributed by atoms with Crippen LogP contribution < -0.4 is 62.2 Å². The third-order valence-electron chi connectivity index (χ3n) is 2.84. The van der Waals surface area contributed by atoms with E-state index >= 15 is 0 Å². The monoisotopic (exact) mass is 325 g/mol. The SMILES string of the molecule is CC(C(N)=O)c1ccccc1O.O=C([O-])c1ccccc1.[K+]. The van der Waals surface area contributed by atoms with Crippen LogP contribution in [-0.4, -0.2) is 17.0 Å². The van der Waals surface area contributed by atoms with Crippen LogP contribution in [0.15, 0.2) is 54.6 Å². The molecule has 110 valence electrons. The average Bonchev–Trinajstić information content (AvgIpc) is 2.48. The molecule has 0 aliphatic heterocycles. The van der Waals surface area contributed by atoms with Crippen molar-refractivity contribution in [3.05, 3.63) is 65.7 Å². The summed E-state index contributed by atoms with van der Waals surface area (Å²) < 4.78 is 0. The van der Waals surface area contributed by atoms with Crippen molar-refractivity contribution in [3.8, 4) is 5.75 Å². The van der Waals surface area contributed by atoms with Crippen molar-refractivity contribution in [2.45, 2.75) is 12.8 Å². The third kappa shape index (κ3) is 6.72. The van der Waals surface area contributed by atoms with Crippen molar-refractivity contribution in [2.75, 3.05) is 0 Å². The molecule has 0 fully saturated rings. The number of primary amides is 1. The Bertz CT molecular complexity index is 617. The van der Waals surface area contributed by atoms with Gasteiger partial charge in [0.1, 0.15) is 5.75 Å². The van der Waals surface area contributed by atoms with E-state index in [0.717, 1.165) is 0 Å². The Morgan fingerprint density at radius 1 is 1.05 bits per heavy atom. The topological polar surface area (TPSA) is 103 Å². The molecule has 0 aliphatic rings. The van der Waals surface area contributed by atoms with Crippen molar-refractivity contribution < 1.29 is 71.2 Å². The van der Waals surface area contributed by atoms with Crippen LogP contribution in [0.3, 0.4) is 0 Å². The van der Waals surface area contributed by atoms with Crippen molar-refractivity contribution in [1.82, 2.24) is 0 Å². The van der Waals surface area contributed by atoms with Gasteiger partial charge in [-0.05, 0) is 18.6 Å². The Labute approximate surface area is 171 Å². The number of carboxylic acid groups (broad SMARTS) is 1. The number of nitrogens with two attached hydrogens (primary N) is 1. The molecule has 0 spiro atoms. The van der Waals surface area contributed by atoms with E-state index in [9.17, 15) is 19.8 Å². The summed E-state index contributed by atoms with van der Waals surface area (Å²) in [7, 11) is 0. The molecule has 0 heterocycles. The van der Waals surface area contributed by atoms with Crippen LogP contribution in [0.2, 0.25) is 0 Å². The van der Waals surface area contributed by atoms with Gasteiger partial charge in [0.25, 0.3) is 0 Å². The van der Waals surface area contributed by atoms with Gasteiger partial charge in [0.15, 0.2) is 0 Å². The minimum atomic E-state index is -1.13. The van der Waals surface area contributed by atoms with Crippen molar-refractivity contribution in [2.24, 2.45) is 5.73 Å². The minimum absolute atomic E-state index is 0. The Kier molecular flexibility index (Phi) is 9.96. The number of carbonyl (C=O) groups excluding carboxylic acids is 2. The zero-order chi connectivity index (χ0) is 15.8. The van der Waals surface area contributed by atoms with Crippen LogP contribution in [0, 0.1) is 0 Å². The fourth-order valence-corrected chi connectivity index (χ4v) is 1.58. The molecule has 0 aromatic heterocycles. The molecule has 0 aliphatic carbocycles. The molecular weight excluding hydrogens is 309 g/mol. The summed E-state index contributed by atoms with van der Waals surface area (Å²) in [5, 5.41) is 19.4. The number of benzene rings is 2. The number of aromatic carboxylic acids is 1. The standard InChI is InChI=1S/C9H11NO2.C7H6O2.K/c1-6(9(10)12)7-4-2-3-5-8(7)11;8-7(9)6-4-2-1-3-5-6;/h2-6,11H,1H3,(H2,10,12);1-5H,(H,8,9);/q;;+1/p-1. The van der Waals surface area contributed by atoms with E-state index in [-0.39, 0.29) is 62.7 Å². The van der Waals surface area contributed by atoms with Crippen LogP contribution in [0.1, 0.15) is 28.8 Å². The van der Waals surface area contributed by atoms with Gasteiger partial charge in [0, 0.05) is 5.56 Å². The van der Waals surface area contributed by atoms with Crippen LogP contribution in [-0.2, 0) is 4.79 Å². The molecule has 2 aromatic carbocycles. The van der Waals surface area contributed by atoms with Crippen LogP contribution in [0.4, 0.5) is 0 Å². The molecule has 1 unspecified atom stereocenters. The summed E-state index contributed by atoms with van der Waals surface area (Å²) >= 11 is 0. The number of para-hydroxylation sites is 1. The van der Waals surface area contributed by atoms with E-state index in [2.05, 4.69) is 0 Å². The Hall–Kier alpha value is -1.18. The smallest absolute Gasteiger partial charge is 0.545 e. The summed E-state index contributed by atoms with van der Waals surface area (Å²) in [6.45, 7) is 1.66. The number of carbonyl (C=O) groups is 2. The fourth-order valence-electron chi connectivity index (χ4n) is 1.58. The molecule has 0 saturated heterocycles. The molecule has 1 atom stereocenters. The summed E-state index contributed by atoms with van der Waals surface area (Å²) in [5.41, 5.74) is 5.88. The molecule has 0 saturated carbocycles. The number of rotatable bonds is 3. The van der Waals surface area contributed by atoms with E-state index in [1.165, 1.54) is 18.2 Å². The molecule has 22 heavy (non-hydrogen) atoms. The maximum Gasteiger partial charge on any atom is 1.00 e. The van der Waals surface area contributed by atoms with E-state index in [4.69, 9.17) is 5.73 Å². The first-order chi connectivity index (χ1) is 9.93.